The first-order chi connectivity index (χ1) is 12.9. The zero-order valence-corrected chi connectivity index (χ0v) is 17.3. The Hall–Kier alpha value is -1.87. The normalized spacial score (nSPS) is 15.3. The molecule has 0 saturated carbocycles. The zero-order valence-electron chi connectivity index (χ0n) is 15.7. The van der Waals surface area contributed by atoms with Crippen LogP contribution in [0.4, 0.5) is 0 Å². The van der Waals surface area contributed by atoms with Gasteiger partial charge in [0.25, 0.3) is 5.56 Å². The summed E-state index contributed by atoms with van der Waals surface area (Å²) in [5, 5.41) is 0.291. The van der Waals surface area contributed by atoms with Crippen LogP contribution in [0.3, 0.4) is 0 Å². The molecule has 2 aromatic heterocycles. The number of hydrogen-bond acceptors (Lipinski definition) is 7. The summed E-state index contributed by atoms with van der Waals surface area (Å²) in [6.45, 7) is 7.33. The molecule has 0 aliphatic carbocycles. The number of aromatic nitrogens is 2. The van der Waals surface area contributed by atoms with E-state index in [1.165, 1.54) is 23.1 Å². The van der Waals surface area contributed by atoms with Crippen LogP contribution in [-0.4, -0.2) is 52.2 Å². The van der Waals surface area contributed by atoms with Gasteiger partial charge < -0.3 is 14.6 Å². The molecule has 0 spiro atoms. The highest BCUT2D eigenvalue weighted by molar-refractivity contribution is 8.00. The Morgan fingerprint density at radius 1 is 1.37 bits per heavy atom. The highest BCUT2D eigenvalue weighted by Crippen LogP contribution is 2.31. The van der Waals surface area contributed by atoms with E-state index >= 15 is 0 Å². The van der Waals surface area contributed by atoms with Crippen LogP contribution in [0.5, 0.6) is 0 Å². The fourth-order valence-corrected chi connectivity index (χ4v) is 5.00. The number of thioether (sulfide) groups is 1. The number of ether oxygens (including phenoxy) is 1. The van der Waals surface area contributed by atoms with Gasteiger partial charge in [-0.3, -0.25) is 9.59 Å². The number of carbonyl (C=O) groups is 2. The molecule has 0 unspecified atom stereocenters. The largest absolute Gasteiger partial charge is 0.462 e. The molecule has 0 aromatic carbocycles. The van der Waals surface area contributed by atoms with Crippen molar-refractivity contribution in [1.29, 1.82) is 0 Å². The highest BCUT2D eigenvalue weighted by atomic mass is 32.2. The smallest absolute Gasteiger partial charge is 0.348 e. The van der Waals surface area contributed by atoms with E-state index in [2.05, 4.69) is 9.97 Å². The van der Waals surface area contributed by atoms with Crippen molar-refractivity contribution in [1.82, 2.24) is 14.9 Å². The van der Waals surface area contributed by atoms with E-state index < -0.39 is 5.97 Å². The lowest BCUT2D eigenvalue weighted by Crippen LogP contribution is -2.29. The predicted octanol–water partition coefficient (Wildman–Crippen LogP) is 2.89. The van der Waals surface area contributed by atoms with Crippen LogP contribution >= 0.6 is 23.1 Å². The second-order valence-corrected chi connectivity index (χ2v) is 8.78. The number of fused-ring (bicyclic) bond motifs is 1. The molecule has 7 nitrogen and oxygen atoms in total. The van der Waals surface area contributed by atoms with E-state index in [1.54, 1.807) is 13.8 Å². The fourth-order valence-electron chi connectivity index (χ4n) is 3.08. The summed E-state index contributed by atoms with van der Waals surface area (Å²) in [6.07, 6.45) is 2.13. The Balaban J connectivity index is 1.79. The highest BCUT2D eigenvalue weighted by Gasteiger charge is 2.23. The molecule has 0 bridgehead atoms. The van der Waals surface area contributed by atoms with Crippen molar-refractivity contribution in [2.45, 2.75) is 38.9 Å². The quantitative estimate of drug-likeness (QED) is 0.738. The third-order valence-corrected chi connectivity index (χ3v) is 6.88. The second kappa shape index (κ2) is 8.43. The number of aromatic amines is 1. The van der Waals surface area contributed by atoms with E-state index in [-0.39, 0.29) is 23.3 Å². The Morgan fingerprint density at radius 3 is 2.74 bits per heavy atom. The zero-order chi connectivity index (χ0) is 19.6. The topological polar surface area (TPSA) is 92.4 Å². The number of amides is 1. The maximum atomic E-state index is 12.5. The Bertz CT molecular complexity index is 915. The standard InChI is InChI=1S/C18H23N3O4S2/c1-4-25-18(24)14-10(2)13-16(23)19-15(20-17(13)27-14)11(3)26-9-12(22)21-7-5-6-8-21/h11H,4-9H2,1-3H3,(H,19,20,23)/t11-/m1/s1. The SMILES string of the molecule is CCOC(=O)c1sc2nc([C@@H](C)SCC(=O)N3CCCC3)[nH]c(=O)c2c1C. The molecule has 3 heterocycles. The number of aryl methyl sites for hydroxylation is 1. The molecule has 1 atom stereocenters. The number of hydrogen-bond donors (Lipinski definition) is 1. The number of thiophene rings is 1. The lowest BCUT2D eigenvalue weighted by atomic mass is 10.2. The summed E-state index contributed by atoms with van der Waals surface area (Å²) in [5.74, 6) is 0.575. The van der Waals surface area contributed by atoms with Gasteiger partial charge in [-0.25, -0.2) is 9.78 Å². The number of rotatable bonds is 6. The maximum absolute atomic E-state index is 12.5. The van der Waals surface area contributed by atoms with E-state index in [4.69, 9.17) is 4.74 Å². The summed E-state index contributed by atoms with van der Waals surface area (Å²) in [4.78, 5) is 47.0. The van der Waals surface area contributed by atoms with E-state index in [0.717, 1.165) is 25.9 Å². The van der Waals surface area contributed by atoms with E-state index in [9.17, 15) is 14.4 Å². The van der Waals surface area contributed by atoms with Crippen molar-refractivity contribution in [2.24, 2.45) is 0 Å². The average Bonchev–Trinajstić information content (AvgIpc) is 3.28. The molecular weight excluding hydrogens is 386 g/mol. The third-order valence-electron chi connectivity index (χ3n) is 4.58. The fraction of sp³-hybridized carbons (Fsp3) is 0.556. The van der Waals surface area contributed by atoms with Crippen LogP contribution in [-0.2, 0) is 9.53 Å². The van der Waals surface area contributed by atoms with Crippen molar-refractivity contribution in [3.05, 3.63) is 26.6 Å². The summed E-state index contributed by atoms with van der Waals surface area (Å²) < 4.78 is 5.05. The van der Waals surface area contributed by atoms with Gasteiger partial charge in [0.15, 0.2) is 0 Å². The molecule has 27 heavy (non-hydrogen) atoms. The van der Waals surface area contributed by atoms with Gasteiger partial charge >= 0.3 is 5.97 Å². The first-order valence-electron chi connectivity index (χ1n) is 9.02. The number of nitrogens with zero attached hydrogens (tertiary/aromatic N) is 2. The minimum Gasteiger partial charge on any atom is -0.462 e. The van der Waals surface area contributed by atoms with Gasteiger partial charge in [-0.05, 0) is 39.2 Å². The van der Waals surface area contributed by atoms with Crippen molar-refractivity contribution in [3.63, 3.8) is 0 Å². The molecule has 1 aliphatic rings. The number of nitrogens with one attached hydrogen (secondary N) is 1. The minimum atomic E-state index is -0.433. The van der Waals surface area contributed by atoms with Gasteiger partial charge in [-0.1, -0.05) is 0 Å². The summed E-state index contributed by atoms with van der Waals surface area (Å²) >= 11 is 2.63. The van der Waals surface area contributed by atoms with Crippen LogP contribution in [0.25, 0.3) is 10.2 Å². The van der Waals surface area contributed by atoms with Gasteiger partial charge in [-0.15, -0.1) is 23.1 Å². The second-order valence-electron chi connectivity index (χ2n) is 6.45. The van der Waals surface area contributed by atoms with Gasteiger partial charge in [0.1, 0.15) is 15.5 Å². The molecule has 2 aromatic rings. The minimum absolute atomic E-state index is 0.129. The van der Waals surface area contributed by atoms with E-state index in [0.29, 0.717) is 32.2 Å². The number of carbonyl (C=O) groups excluding carboxylic acids is 2. The van der Waals surface area contributed by atoms with Gasteiger partial charge in [0.05, 0.1) is 23.0 Å². The van der Waals surface area contributed by atoms with Crippen LogP contribution in [0.1, 0.15) is 53.0 Å². The molecule has 1 N–H and O–H groups in total. The summed E-state index contributed by atoms with van der Waals surface area (Å²) in [6, 6.07) is 0. The van der Waals surface area contributed by atoms with Crippen molar-refractivity contribution < 1.29 is 14.3 Å². The predicted molar refractivity (Wildman–Crippen MR) is 108 cm³/mol. The first-order valence-corrected chi connectivity index (χ1v) is 10.9. The summed E-state index contributed by atoms with van der Waals surface area (Å²) in [5.41, 5.74) is 0.330. The van der Waals surface area contributed by atoms with E-state index in [1.807, 2.05) is 11.8 Å². The van der Waals surface area contributed by atoms with Gasteiger partial charge in [-0.2, -0.15) is 0 Å². The Morgan fingerprint density at radius 2 is 2.07 bits per heavy atom. The Labute approximate surface area is 165 Å². The molecule has 1 saturated heterocycles. The number of esters is 1. The third kappa shape index (κ3) is 4.19. The van der Waals surface area contributed by atoms with Crippen molar-refractivity contribution in [3.8, 4) is 0 Å². The molecule has 146 valence electrons. The van der Waals surface area contributed by atoms with Crippen LogP contribution < -0.4 is 5.56 Å². The van der Waals surface area contributed by atoms with Crippen molar-refractivity contribution in [2.75, 3.05) is 25.4 Å². The molecule has 9 heteroatoms. The molecule has 0 radical (unpaired) electrons. The molecule has 1 amide bonds. The first kappa shape index (κ1) is 19.9. The van der Waals surface area contributed by atoms with Gasteiger partial charge in [0, 0.05) is 13.1 Å². The van der Waals surface area contributed by atoms with Crippen LogP contribution in [0.2, 0.25) is 0 Å². The molecule has 1 aliphatic heterocycles. The molecular formula is C18H23N3O4S2. The van der Waals surface area contributed by atoms with Crippen LogP contribution in [0.15, 0.2) is 4.79 Å². The Kier molecular flexibility index (Phi) is 6.21. The lowest BCUT2D eigenvalue weighted by Gasteiger charge is -2.16. The maximum Gasteiger partial charge on any atom is 0.348 e. The molecule has 1 fully saturated rings. The average molecular weight is 410 g/mol. The number of likely N-dealkylation sites (tertiary alicyclic amines) is 1. The lowest BCUT2D eigenvalue weighted by molar-refractivity contribution is -0.127. The number of H-pyrrole nitrogens is 1. The molecule has 3 rings (SSSR count). The van der Waals surface area contributed by atoms with Gasteiger partial charge in [0.2, 0.25) is 5.91 Å². The monoisotopic (exact) mass is 409 g/mol. The van der Waals surface area contributed by atoms with Crippen molar-refractivity contribution >= 4 is 45.2 Å². The van der Waals surface area contributed by atoms with Crippen LogP contribution in [0, 0.1) is 6.92 Å². The summed E-state index contributed by atoms with van der Waals surface area (Å²) in [7, 11) is 0.